The minimum absolute atomic E-state index is 0.0291. The number of carbonyl (C=O) groups is 3. The number of ether oxygens (including phenoxy) is 1. The number of carboxylic acids is 1. The highest BCUT2D eigenvalue weighted by Crippen LogP contribution is 2.44. The molecule has 1 unspecified atom stereocenters. The Labute approximate surface area is 195 Å². The molecule has 0 saturated heterocycles. The van der Waals surface area contributed by atoms with Crippen molar-refractivity contribution in [2.75, 3.05) is 19.7 Å². The van der Waals surface area contributed by atoms with Crippen molar-refractivity contribution < 1.29 is 33.0 Å². The van der Waals surface area contributed by atoms with Crippen LogP contribution in [0.1, 0.15) is 29.9 Å². The van der Waals surface area contributed by atoms with Crippen LogP contribution < -0.4 is 5.32 Å². The number of halogens is 2. The molecule has 0 spiro atoms. The lowest BCUT2D eigenvalue weighted by Crippen LogP contribution is -2.45. The predicted molar refractivity (Wildman–Crippen MR) is 120 cm³/mol. The zero-order chi connectivity index (χ0) is 24.2. The number of aliphatic carboxylic acids is 1. The molecule has 1 aliphatic heterocycles. The van der Waals surface area contributed by atoms with Crippen LogP contribution in [0.4, 0.5) is 13.6 Å². The zero-order valence-electron chi connectivity index (χ0n) is 18.2. The first-order valence-electron chi connectivity index (χ1n) is 10.9. The predicted octanol–water partition coefficient (Wildman–Crippen LogP) is 3.79. The lowest BCUT2D eigenvalue weighted by molar-refractivity contribution is -0.135. The van der Waals surface area contributed by atoms with Gasteiger partial charge in [-0.2, -0.15) is 0 Å². The number of rotatable bonds is 7. The highest BCUT2D eigenvalue weighted by Gasteiger charge is 2.32. The largest absolute Gasteiger partial charge is 0.478 e. The van der Waals surface area contributed by atoms with Crippen LogP contribution >= 0.6 is 0 Å². The maximum Gasteiger partial charge on any atom is 0.407 e. The van der Waals surface area contributed by atoms with Crippen LogP contribution in [0, 0.1) is 0 Å². The van der Waals surface area contributed by atoms with Gasteiger partial charge in [0, 0.05) is 24.6 Å². The molecule has 1 atom stereocenters. The van der Waals surface area contributed by atoms with Crippen LogP contribution in [0.5, 0.6) is 0 Å². The molecular formula is C25H24F2N2O5. The summed E-state index contributed by atoms with van der Waals surface area (Å²) in [6.07, 6.45) is -3.08. The van der Waals surface area contributed by atoms with Gasteiger partial charge in [0.1, 0.15) is 12.6 Å². The van der Waals surface area contributed by atoms with Gasteiger partial charge in [0.2, 0.25) is 5.91 Å². The number of nitrogens with zero attached hydrogens (tertiary/aromatic N) is 1. The average Bonchev–Trinajstić information content (AvgIpc) is 3.16. The third-order valence-corrected chi connectivity index (χ3v) is 6.18. The molecule has 1 aliphatic carbocycles. The zero-order valence-corrected chi connectivity index (χ0v) is 18.2. The number of alkyl carbamates (subject to hydrolysis) is 1. The molecule has 1 heterocycles. The number of nitrogens with one attached hydrogen (secondary N) is 1. The summed E-state index contributed by atoms with van der Waals surface area (Å²) in [5.74, 6) is -1.87. The van der Waals surface area contributed by atoms with E-state index >= 15 is 0 Å². The van der Waals surface area contributed by atoms with Gasteiger partial charge >= 0.3 is 12.1 Å². The topological polar surface area (TPSA) is 95.9 Å². The van der Waals surface area contributed by atoms with E-state index in [9.17, 15) is 23.2 Å². The molecule has 2 aromatic rings. The van der Waals surface area contributed by atoms with Crippen molar-refractivity contribution in [1.29, 1.82) is 0 Å². The number of amides is 2. The molecule has 0 bridgehead atoms. The van der Waals surface area contributed by atoms with Crippen LogP contribution in [0.15, 0.2) is 60.2 Å². The second-order valence-electron chi connectivity index (χ2n) is 8.24. The fraction of sp³-hybridized carbons (Fsp3) is 0.320. The fourth-order valence-electron chi connectivity index (χ4n) is 4.40. The van der Waals surface area contributed by atoms with Crippen molar-refractivity contribution in [2.45, 2.75) is 31.2 Å². The molecule has 2 aliphatic rings. The van der Waals surface area contributed by atoms with E-state index in [4.69, 9.17) is 9.84 Å². The third-order valence-electron chi connectivity index (χ3n) is 6.18. The van der Waals surface area contributed by atoms with Gasteiger partial charge in [0.15, 0.2) is 0 Å². The van der Waals surface area contributed by atoms with Crippen LogP contribution in [0.2, 0.25) is 0 Å². The second-order valence-corrected chi connectivity index (χ2v) is 8.24. The Bertz CT molecular complexity index is 1090. The van der Waals surface area contributed by atoms with Gasteiger partial charge in [-0.05, 0) is 28.7 Å². The molecule has 0 radical (unpaired) electrons. The number of carbonyl (C=O) groups excluding carboxylic acids is 2. The van der Waals surface area contributed by atoms with Gasteiger partial charge in [0.25, 0.3) is 6.43 Å². The summed E-state index contributed by atoms with van der Waals surface area (Å²) < 4.78 is 32.4. The van der Waals surface area contributed by atoms with E-state index < -0.39 is 36.9 Å². The Balaban J connectivity index is 1.35. The minimum Gasteiger partial charge on any atom is -0.478 e. The molecule has 2 aromatic carbocycles. The molecule has 0 saturated carbocycles. The normalized spacial score (nSPS) is 15.9. The Kier molecular flexibility index (Phi) is 6.90. The molecule has 9 heteroatoms. The number of benzene rings is 2. The summed E-state index contributed by atoms with van der Waals surface area (Å²) in [5, 5.41) is 11.1. The quantitative estimate of drug-likeness (QED) is 0.642. The number of alkyl halides is 2. The van der Waals surface area contributed by atoms with E-state index in [0.29, 0.717) is 0 Å². The Morgan fingerprint density at radius 3 is 2.21 bits per heavy atom. The number of carboxylic acid groups (broad SMARTS) is 1. The second kappa shape index (κ2) is 10.0. The van der Waals surface area contributed by atoms with Gasteiger partial charge in [0.05, 0.1) is 6.42 Å². The fourth-order valence-corrected chi connectivity index (χ4v) is 4.40. The SMILES string of the molecule is O=C(NC(CC(=O)N1CC=C(C(=O)O)CC1)C(F)F)OCC1c2ccccc2-c2ccccc21. The van der Waals surface area contributed by atoms with E-state index in [2.05, 4.69) is 5.32 Å². The first kappa shape index (κ1) is 23.4. The molecule has 4 rings (SSSR count). The smallest absolute Gasteiger partial charge is 0.407 e. The monoisotopic (exact) mass is 470 g/mol. The average molecular weight is 470 g/mol. The minimum atomic E-state index is -2.97. The van der Waals surface area contributed by atoms with Crippen molar-refractivity contribution in [3.05, 3.63) is 71.3 Å². The lowest BCUT2D eigenvalue weighted by atomic mass is 9.98. The summed E-state index contributed by atoms with van der Waals surface area (Å²) >= 11 is 0. The van der Waals surface area contributed by atoms with E-state index in [-0.39, 0.29) is 37.6 Å². The van der Waals surface area contributed by atoms with Crippen molar-refractivity contribution in [3.8, 4) is 11.1 Å². The molecule has 34 heavy (non-hydrogen) atoms. The van der Waals surface area contributed by atoms with Crippen molar-refractivity contribution in [1.82, 2.24) is 10.2 Å². The summed E-state index contributed by atoms with van der Waals surface area (Å²) in [4.78, 5) is 37.1. The van der Waals surface area contributed by atoms with Gasteiger partial charge in [-0.25, -0.2) is 18.4 Å². The van der Waals surface area contributed by atoms with Gasteiger partial charge in [-0.3, -0.25) is 4.79 Å². The van der Waals surface area contributed by atoms with E-state index in [1.54, 1.807) is 0 Å². The molecule has 2 amide bonds. The summed E-state index contributed by atoms with van der Waals surface area (Å²) in [6.45, 7) is 0.123. The van der Waals surface area contributed by atoms with E-state index in [1.807, 2.05) is 48.5 Å². The van der Waals surface area contributed by atoms with Crippen LogP contribution in [-0.2, 0) is 14.3 Å². The van der Waals surface area contributed by atoms with Gasteiger partial charge in [-0.15, -0.1) is 0 Å². The molecule has 178 valence electrons. The van der Waals surface area contributed by atoms with Crippen LogP contribution in [0.25, 0.3) is 11.1 Å². The highest BCUT2D eigenvalue weighted by molar-refractivity contribution is 5.87. The number of fused-ring (bicyclic) bond motifs is 3. The van der Waals surface area contributed by atoms with Gasteiger partial charge < -0.3 is 20.1 Å². The summed E-state index contributed by atoms with van der Waals surface area (Å²) in [5.41, 5.74) is 4.27. The molecule has 2 N–H and O–H groups in total. The standard InChI is InChI=1S/C25H24F2N2O5/c26-23(27)21(13-22(30)29-11-9-15(10-12-29)24(31)32)28-25(33)34-14-20-18-7-3-1-5-16(18)17-6-2-4-8-19(17)20/h1-9,20-21,23H,10-14H2,(H,28,33)(H,31,32). The highest BCUT2D eigenvalue weighted by atomic mass is 19.3. The van der Waals surface area contributed by atoms with Crippen molar-refractivity contribution in [3.63, 3.8) is 0 Å². The Hall–Kier alpha value is -3.75. The molecule has 7 nitrogen and oxygen atoms in total. The molecule has 0 fully saturated rings. The Morgan fingerprint density at radius 1 is 1.06 bits per heavy atom. The first-order valence-corrected chi connectivity index (χ1v) is 10.9. The maximum atomic E-state index is 13.6. The number of hydrogen-bond donors (Lipinski definition) is 2. The number of hydrogen-bond acceptors (Lipinski definition) is 4. The van der Waals surface area contributed by atoms with E-state index in [1.165, 1.54) is 11.0 Å². The lowest BCUT2D eigenvalue weighted by Gasteiger charge is -2.27. The maximum absolute atomic E-state index is 13.6. The molecule has 0 aromatic heterocycles. The van der Waals surface area contributed by atoms with Crippen LogP contribution in [0.3, 0.4) is 0 Å². The summed E-state index contributed by atoms with van der Waals surface area (Å²) in [7, 11) is 0. The summed E-state index contributed by atoms with van der Waals surface area (Å²) in [6, 6.07) is 13.8. The Morgan fingerprint density at radius 2 is 1.68 bits per heavy atom. The first-order chi connectivity index (χ1) is 16.3. The van der Waals surface area contributed by atoms with E-state index in [0.717, 1.165) is 22.3 Å². The molecular weight excluding hydrogens is 446 g/mol. The van der Waals surface area contributed by atoms with Gasteiger partial charge in [-0.1, -0.05) is 54.6 Å². The third kappa shape index (κ3) is 4.93. The van der Waals surface area contributed by atoms with Crippen molar-refractivity contribution in [2.24, 2.45) is 0 Å². The van der Waals surface area contributed by atoms with Crippen molar-refractivity contribution >= 4 is 18.0 Å². The van der Waals surface area contributed by atoms with Crippen LogP contribution in [-0.4, -0.2) is 60.1 Å².